The van der Waals surface area contributed by atoms with E-state index >= 15 is 0 Å². The van der Waals surface area contributed by atoms with Crippen LogP contribution in [0.4, 0.5) is 22.7 Å². The highest BCUT2D eigenvalue weighted by atomic mass is 14.9. The molecule has 2 heteroatoms. The number of benzene rings is 4. The second-order valence-corrected chi connectivity index (χ2v) is 8.82. The van der Waals surface area contributed by atoms with Crippen molar-refractivity contribution in [3.8, 4) is 0 Å². The quantitative estimate of drug-likeness (QED) is 0.313. The molecule has 0 atom stereocenters. The van der Waals surface area contributed by atoms with Crippen molar-refractivity contribution in [2.45, 2.75) is 39.5 Å². The van der Waals surface area contributed by atoms with E-state index in [-0.39, 0.29) is 5.41 Å². The van der Waals surface area contributed by atoms with Crippen LogP contribution in [0.25, 0.3) is 0 Å². The van der Waals surface area contributed by atoms with Crippen molar-refractivity contribution in [1.29, 1.82) is 0 Å². The van der Waals surface area contributed by atoms with Gasteiger partial charge in [-0.05, 0) is 79.9 Å². The van der Waals surface area contributed by atoms with Gasteiger partial charge in [0.2, 0.25) is 0 Å². The number of anilines is 4. The summed E-state index contributed by atoms with van der Waals surface area (Å²) in [5, 5.41) is 6.99. The fourth-order valence-corrected chi connectivity index (χ4v) is 4.02. The summed E-state index contributed by atoms with van der Waals surface area (Å²) in [6.45, 7) is 8.80. The molecule has 0 bridgehead atoms. The molecule has 0 radical (unpaired) electrons. The Labute approximate surface area is 192 Å². The zero-order valence-electron chi connectivity index (χ0n) is 19.4. The van der Waals surface area contributed by atoms with E-state index in [1.165, 1.54) is 22.3 Å². The van der Waals surface area contributed by atoms with Crippen molar-refractivity contribution in [2.24, 2.45) is 0 Å². The standard InChI is InChI=1S/C30H32N2/c1-5-30(4,24-10-18-28(19-11-24)31-26-14-6-22(2)7-15-26)25-12-20-29(21-13-25)32-27-16-8-23(3)9-17-27/h6-21,31-32H,5H2,1-4H3. The molecule has 0 saturated carbocycles. The van der Waals surface area contributed by atoms with Gasteiger partial charge in [-0.2, -0.15) is 0 Å². The summed E-state index contributed by atoms with van der Waals surface area (Å²) in [5.74, 6) is 0. The molecular formula is C30H32N2. The van der Waals surface area contributed by atoms with Crippen LogP contribution in [0.5, 0.6) is 0 Å². The lowest BCUT2D eigenvalue weighted by molar-refractivity contribution is 0.550. The largest absolute Gasteiger partial charge is 0.356 e. The van der Waals surface area contributed by atoms with E-state index in [4.69, 9.17) is 0 Å². The minimum atomic E-state index is -0.0369. The zero-order chi connectivity index (χ0) is 22.6. The van der Waals surface area contributed by atoms with Gasteiger partial charge in [-0.3, -0.25) is 0 Å². The summed E-state index contributed by atoms with van der Waals surface area (Å²) in [7, 11) is 0. The van der Waals surface area contributed by atoms with Gasteiger partial charge < -0.3 is 10.6 Å². The minimum Gasteiger partial charge on any atom is -0.356 e. The molecule has 0 saturated heterocycles. The van der Waals surface area contributed by atoms with E-state index in [9.17, 15) is 0 Å². The van der Waals surface area contributed by atoms with Crippen LogP contribution in [-0.4, -0.2) is 0 Å². The maximum absolute atomic E-state index is 3.49. The minimum absolute atomic E-state index is 0.0369. The van der Waals surface area contributed by atoms with Gasteiger partial charge in [0.05, 0.1) is 0 Å². The van der Waals surface area contributed by atoms with Crippen LogP contribution >= 0.6 is 0 Å². The zero-order valence-corrected chi connectivity index (χ0v) is 19.4. The van der Waals surface area contributed by atoms with Crippen molar-refractivity contribution in [3.05, 3.63) is 119 Å². The fourth-order valence-electron chi connectivity index (χ4n) is 4.02. The highest BCUT2D eigenvalue weighted by molar-refractivity contribution is 5.62. The van der Waals surface area contributed by atoms with E-state index in [1.54, 1.807) is 0 Å². The molecule has 0 aliphatic rings. The Hall–Kier alpha value is -3.52. The lowest BCUT2D eigenvalue weighted by Gasteiger charge is -2.30. The highest BCUT2D eigenvalue weighted by Crippen LogP contribution is 2.36. The molecule has 0 unspecified atom stereocenters. The molecule has 162 valence electrons. The van der Waals surface area contributed by atoms with Crippen LogP contribution in [0, 0.1) is 13.8 Å². The predicted octanol–water partition coefficient (Wildman–Crippen LogP) is 8.51. The smallest absolute Gasteiger partial charge is 0.0384 e. The van der Waals surface area contributed by atoms with Gasteiger partial charge in [0.1, 0.15) is 0 Å². The van der Waals surface area contributed by atoms with E-state index in [0.717, 1.165) is 29.2 Å². The first-order chi connectivity index (χ1) is 15.5. The third-order valence-electron chi connectivity index (χ3n) is 6.43. The molecule has 4 aromatic rings. The van der Waals surface area contributed by atoms with Crippen LogP contribution in [0.3, 0.4) is 0 Å². The SMILES string of the molecule is CCC(C)(c1ccc(Nc2ccc(C)cc2)cc1)c1ccc(Nc2ccc(C)cc2)cc1. The van der Waals surface area contributed by atoms with E-state index in [0.29, 0.717) is 0 Å². The number of nitrogens with one attached hydrogen (secondary N) is 2. The first-order valence-electron chi connectivity index (χ1n) is 11.3. The normalized spacial score (nSPS) is 11.2. The maximum atomic E-state index is 3.49. The third-order valence-corrected chi connectivity index (χ3v) is 6.43. The van der Waals surface area contributed by atoms with Gasteiger partial charge in [0.25, 0.3) is 0 Å². The number of rotatable bonds is 7. The molecule has 0 aromatic heterocycles. The second kappa shape index (κ2) is 9.32. The molecule has 0 amide bonds. The van der Waals surface area contributed by atoms with Crippen molar-refractivity contribution in [2.75, 3.05) is 10.6 Å². The maximum Gasteiger partial charge on any atom is 0.0384 e. The first-order valence-corrected chi connectivity index (χ1v) is 11.3. The predicted molar refractivity (Wildman–Crippen MR) is 139 cm³/mol. The summed E-state index contributed by atoms with van der Waals surface area (Å²) in [4.78, 5) is 0. The van der Waals surface area contributed by atoms with Gasteiger partial charge in [0, 0.05) is 28.2 Å². The molecule has 32 heavy (non-hydrogen) atoms. The van der Waals surface area contributed by atoms with Crippen LogP contribution < -0.4 is 10.6 Å². The van der Waals surface area contributed by atoms with E-state index in [1.807, 2.05) is 0 Å². The molecule has 0 fully saturated rings. The van der Waals surface area contributed by atoms with Crippen LogP contribution in [0.15, 0.2) is 97.1 Å². The van der Waals surface area contributed by atoms with Gasteiger partial charge in [-0.25, -0.2) is 0 Å². The van der Waals surface area contributed by atoms with Crippen LogP contribution in [-0.2, 0) is 5.41 Å². The lowest BCUT2D eigenvalue weighted by Crippen LogP contribution is -2.22. The summed E-state index contributed by atoms with van der Waals surface area (Å²) < 4.78 is 0. The highest BCUT2D eigenvalue weighted by Gasteiger charge is 2.26. The summed E-state index contributed by atoms with van der Waals surface area (Å²) >= 11 is 0. The Morgan fingerprint density at radius 3 is 1.06 bits per heavy atom. The van der Waals surface area contributed by atoms with Crippen LogP contribution in [0.1, 0.15) is 42.5 Å². The lowest BCUT2D eigenvalue weighted by atomic mass is 9.74. The topological polar surface area (TPSA) is 24.1 Å². The molecule has 0 spiro atoms. The first kappa shape index (κ1) is 21.7. The van der Waals surface area contributed by atoms with Gasteiger partial charge in [-0.15, -0.1) is 0 Å². The van der Waals surface area contributed by atoms with Crippen molar-refractivity contribution >= 4 is 22.7 Å². The Morgan fingerprint density at radius 2 is 0.781 bits per heavy atom. The molecule has 4 rings (SSSR count). The Morgan fingerprint density at radius 1 is 0.500 bits per heavy atom. The molecule has 0 aliphatic carbocycles. The molecule has 0 aliphatic heterocycles. The second-order valence-electron chi connectivity index (χ2n) is 8.82. The number of hydrogen-bond acceptors (Lipinski definition) is 2. The van der Waals surface area contributed by atoms with E-state index < -0.39 is 0 Å². The van der Waals surface area contributed by atoms with Crippen molar-refractivity contribution < 1.29 is 0 Å². The van der Waals surface area contributed by atoms with Crippen molar-refractivity contribution in [1.82, 2.24) is 0 Å². The molecular weight excluding hydrogens is 388 g/mol. The summed E-state index contributed by atoms with van der Waals surface area (Å²) in [6, 6.07) is 34.7. The molecule has 2 N–H and O–H groups in total. The fraction of sp³-hybridized carbons (Fsp3) is 0.200. The van der Waals surface area contributed by atoms with Crippen LogP contribution in [0.2, 0.25) is 0 Å². The molecule has 2 nitrogen and oxygen atoms in total. The van der Waals surface area contributed by atoms with Crippen molar-refractivity contribution in [3.63, 3.8) is 0 Å². The van der Waals surface area contributed by atoms with Gasteiger partial charge in [0.15, 0.2) is 0 Å². The molecule has 0 heterocycles. The third kappa shape index (κ3) is 4.86. The van der Waals surface area contributed by atoms with E-state index in [2.05, 4.69) is 135 Å². The van der Waals surface area contributed by atoms with Gasteiger partial charge >= 0.3 is 0 Å². The Balaban J connectivity index is 1.50. The monoisotopic (exact) mass is 420 g/mol. The summed E-state index contributed by atoms with van der Waals surface area (Å²) in [5.41, 5.74) is 9.58. The van der Waals surface area contributed by atoms with Gasteiger partial charge in [-0.1, -0.05) is 73.5 Å². The Bertz CT molecular complexity index is 1050. The Kier molecular flexibility index (Phi) is 6.32. The number of aryl methyl sites for hydroxylation is 2. The number of hydrogen-bond donors (Lipinski definition) is 2. The average molecular weight is 421 g/mol. The average Bonchev–Trinajstić information content (AvgIpc) is 2.82. The summed E-state index contributed by atoms with van der Waals surface area (Å²) in [6.07, 6.45) is 1.03. The molecule has 4 aromatic carbocycles.